The van der Waals surface area contributed by atoms with Crippen LogP contribution in [0.5, 0.6) is 5.75 Å². The number of phenolic OH excluding ortho intramolecular Hbond substituents is 1. The number of oxazole rings is 1. The summed E-state index contributed by atoms with van der Waals surface area (Å²) in [4.78, 5) is 11.2. The molecule has 3 aromatic carbocycles. The lowest BCUT2D eigenvalue weighted by atomic mass is 10.1. The number of hydrogen-bond acceptors (Lipinski definition) is 5. The number of anilines is 1. The molecule has 0 unspecified atom stereocenters. The van der Waals surface area contributed by atoms with Crippen LogP contribution in [-0.2, 0) is 0 Å². The second-order valence-electron chi connectivity index (χ2n) is 6.71. The van der Waals surface area contributed by atoms with E-state index in [-0.39, 0.29) is 5.75 Å². The van der Waals surface area contributed by atoms with Crippen LogP contribution in [0.2, 0.25) is 0 Å². The Morgan fingerprint density at radius 2 is 1.76 bits per heavy atom. The van der Waals surface area contributed by atoms with Crippen molar-refractivity contribution in [1.29, 1.82) is 0 Å². The van der Waals surface area contributed by atoms with Crippen molar-refractivity contribution in [2.45, 2.75) is 13.8 Å². The van der Waals surface area contributed by atoms with Crippen molar-refractivity contribution < 1.29 is 9.52 Å². The zero-order chi connectivity index (χ0) is 20.2. The van der Waals surface area contributed by atoms with Crippen molar-refractivity contribution in [3.63, 3.8) is 0 Å². The van der Waals surface area contributed by atoms with Crippen LogP contribution in [0.3, 0.4) is 0 Å². The molecule has 0 aliphatic carbocycles. The Kier molecular flexibility index (Phi) is 5.29. The van der Waals surface area contributed by atoms with E-state index in [9.17, 15) is 5.11 Å². The molecule has 0 amide bonds. The summed E-state index contributed by atoms with van der Waals surface area (Å²) in [5.74, 6) is 0.481. The Labute approximate surface area is 170 Å². The highest BCUT2D eigenvalue weighted by atomic mass is 16.3. The minimum atomic E-state index is 0.0862. The summed E-state index contributed by atoms with van der Waals surface area (Å²) in [6.45, 7) is 6.26. The number of benzene rings is 3. The molecule has 0 radical (unpaired) electrons. The van der Waals surface area contributed by atoms with Crippen molar-refractivity contribution in [3.8, 4) is 17.2 Å². The maximum atomic E-state index is 10.4. The lowest BCUT2D eigenvalue weighted by Crippen LogP contribution is -2.21. The Morgan fingerprint density at radius 1 is 1.00 bits per heavy atom. The van der Waals surface area contributed by atoms with E-state index in [1.165, 1.54) is 5.69 Å². The molecular formula is C24H23N3O2. The molecule has 1 aromatic heterocycles. The van der Waals surface area contributed by atoms with Gasteiger partial charge in [-0.1, -0.05) is 24.3 Å². The fraction of sp³-hybridized carbons (Fsp3) is 0.167. The molecule has 29 heavy (non-hydrogen) atoms. The van der Waals surface area contributed by atoms with Crippen LogP contribution in [0.15, 0.2) is 76.1 Å². The predicted molar refractivity (Wildman–Crippen MR) is 118 cm³/mol. The van der Waals surface area contributed by atoms with Gasteiger partial charge in [0.1, 0.15) is 11.3 Å². The van der Waals surface area contributed by atoms with Crippen LogP contribution < -0.4 is 4.90 Å². The van der Waals surface area contributed by atoms with Gasteiger partial charge in [-0.2, -0.15) is 0 Å². The summed E-state index contributed by atoms with van der Waals surface area (Å²) < 4.78 is 5.74. The molecule has 0 saturated heterocycles. The molecule has 0 spiro atoms. The predicted octanol–water partition coefficient (Wildman–Crippen LogP) is 5.80. The monoisotopic (exact) mass is 385 g/mol. The van der Waals surface area contributed by atoms with Gasteiger partial charge in [0.2, 0.25) is 5.89 Å². The van der Waals surface area contributed by atoms with Crippen LogP contribution in [0.4, 0.5) is 11.4 Å². The molecule has 5 nitrogen and oxygen atoms in total. The Balaban J connectivity index is 1.53. The Hall–Kier alpha value is -3.60. The van der Waals surface area contributed by atoms with Gasteiger partial charge in [0.05, 0.1) is 11.3 Å². The zero-order valence-electron chi connectivity index (χ0n) is 16.5. The molecule has 0 aliphatic rings. The highest BCUT2D eigenvalue weighted by Gasteiger charge is 2.12. The molecule has 0 saturated carbocycles. The van der Waals surface area contributed by atoms with Gasteiger partial charge in [-0.05, 0) is 55.8 Å². The number of hydrogen-bond donors (Lipinski definition) is 1. The second kappa shape index (κ2) is 8.19. The third-order valence-corrected chi connectivity index (χ3v) is 4.89. The number of nitrogens with zero attached hydrogens (tertiary/aromatic N) is 3. The van der Waals surface area contributed by atoms with E-state index in [1.54, 1.807) is 18.3 Å². The number of rotatable bonds is 6. The zero-order valence-corrected chi connectivity index (χ0v) is 16.5. The van der Waals surface area contributed by atoms with Gasteiger partial charge in [-0.15, -0.1) is 0 Å². The molecule has 0 aliphatic heterocycles. The molecule has 4 aromatic rings. The number of aliphatic imine (C=N–C) groups is 1. The van der Waals surface area contributed by atoms with Crippen LogP contribution in [0, 0.1) is 0 Å². The topological polar surface area (TPSA) is 61.9 Å². The highest BCUT2D eigenvalue weighted by Crippen LogP contribution is 2.33. The molecular weight excluding hydrogens is 362 g/mol. The largest absolute Gasteiger partial charge is 0.507 e. The van der Waals surface area contributed by atoms with E-state index in [0.29, 0.717) is 22.7 Å². The molecule has 5 heteroatoms. The molecule has 146 valence electrons. The van der Waals surface area contributed by atoms with Crippen molar-refractivity contribution >= 4 is 28.7 Å². The lowest BCUT2D eigenvalue weighted by molar-refractivity contribution is 0.474. The fourth-order valence-corrected chi connectivity index (χ4v) is 3.28. The first-order chi connectivity index (χ1) is 14.2. The first kappa shape index (κ1) is 18.7. The molecule has 1 N–H and O–H groups in total. The van der Waals surface area contributed by atoms with E-state index >= 15 is 0 Å². The van der Waals surface area contributed by atoms with E-state index in [2.05, 4.69) is 40.9 Å². The minimum absolute atomic E-state index is 0.0862. The SMILES string of the molecule is CCN(CC)c1ccc(C=Nc2ccc(-c3nc4ccccc4o3)c(O)c2)cc1. The quantitative estimate of drug-likeness (QED) is 0.426. The highest BCUT2D eigenvalue weighted by molar-refractivity contribution is 5.83. The number of fused-ring (bicyclic) bond motifs is 1. The molecule has 0 fully saturated rings. The van der Waals surface area contributed by atoms with E-state index in [1.807, 2.05) is 42.5 Å². The van der Waals surface area contributed by atoms with Gasteiger partial charge in [0.25, 0.3) is 0 Å². The van der Waals surface area contributed by atoms with Crippen LogP contribution in [-0.4, -0.2) is 29.4 Å². The Morgan fingerprint density at radius 3 is 2.45 bits per heavy atom. The van der Waals surface area contributed by atoms with Gasteiger partial charge in [0.15, 0.2) is 5.58 Å². The van der Waals surface area contributed by atoms with E-state index in [0.717, 1.165) is 24.2 Å². The average molecular weight is 385 g/mol. The van der Waals surface area contributed by atoms with E-state index < -0.39 is 0 Å². The minimum Gasteiger partial charge on any atom is -0.507 e. The Bertz CT molecular complexity index is 1110. The number of aromatic nitrogens is 1. The van der Waals surface area contributed by atoms with Gasteiger partial charge < -0.3 is 14.4 Å². The molecule has 1 heterocycles. The fourth-order valence-electron chi connectivity index (χ4n) is 3.28. The van der Waals surface area contributed by atoms with Crippen molar-refractivity contribution in [1.82, 2.24) is 4.98 Å². The second-order valence-corrected chi connectivity index (χ2v) is 6.71. The summed E-state index contributed by atoms with van der Waals surface area (Å²) >= 11 is 0. The van der Waals surface area contributed by atoms with Gasteiger partial charge in [-0.25, -0.2) is 4.98 Å². The first-order valence-electron chi connectivity index (χ1n) is 9.76. The number of phenols is 1. The van der Waals surface area contributed by atoms with Crippen molar-refractivity contribution in [2.24, 2.45) is 4.99 Å². The standard InChI is InChI=1S/C24H23N3O2/c1-3-27(4-2)19-12-9-17(10-13-19)16-25-18-11-14-20(22(28)15-18)24-26-21-7-5-6-8-23(21)29-24/h5-16,28H,3-4H2,1-2H3. The van der Waals surface area contributed by atoms with Crippen LogP contribution in [0.1, 0.15) is 19.4 Å². The third kappa shape index (κ3) is 3.99. The number of para-hydroxylation sites is 2. The van der Waals surface area contributed by atoms with Crippen molar-refractivity contribution in [2.75, 3.05) is 18.0 Å². The molecule has 0 bridgehead atoms. The van der Waals surface area contributed by atoms with Gasteiger partial charge in [0, 0.05) is 31.1 Å². The summed E-state index contributed by atoms with van der Waals surface area (Å²) in [5.41, 5.74) is 4.86. The maximum absolute atomic E-state index is 10.4. The number of aromatic hydroxyl groups is 1. The average Bonchev–Trinajstić information content (AvgIpc) is 3.18. The third-order valence-electron chi connectivity index (χ3n) is 4.89. The summed E-state index contributed by atoms with van der Waals surface area (Å²) in [6, 6.07) is 21.0. The van der Waals surface area contributed by atoms with Crippen molar-refractivity contribution in [3.05, 3.63) is 72.3 Å². The maximum Gasteiger partial charge on any atom is 0.231 e. The van der Waals surface area contributed by atoms with Gasteiger partial charge >= 0.3 is 0 Å². The first-order valence-corrected chi connectivity index (χ1v) is 9.76. The van der Waals surface area contributed by atoms with E-state index in [4.69, 9.17) is 4.42 Å². The molecule has 0 atom stereocenters. The summed E-state index contributed by atoms with van der Waals surface area (Å²) in [5, 5.41) is 10.4. The van der Waals surface area contributed by atoms with Gasteiger partial charge in [-0.3, -0.25) is 4.99 Å². The molecule has 4 rings (SSSR count). The summed E-state index contributed by atoms with van der Waals surface area (Å²) in [6.07, 6.45) is 1.79. The van der Waals surface area contributed by atoms with Crippen LogP contribution >= 0.6 is 0 Å². The normalized spacial score (nSPS) is 11.4. The summed E-state index contributed by atoms with van der Waals surface area (Å²) in [7, 11) is 0. The van der Waals surface area contributed by atoms with Crippen LogP contribution in [0.25, 0.3) is 22.6 Å². The lowest BCUT2D eigenvalue weighted by Gasteiger charge is -2.20. The smallest absolute Gasteiger partial charge is 0.231 e.